The number of aliphatic hydroxyl groups is 1. The van der Waals surface area contributed by atoms with Gasteiger partial charge in [0.1, 0.15) is 12.4 Å². The number of likely N-dealkylation sites (tertiary alicyclic amines) is 1. The lowest BCUT2D eigenvalue weighted by Crippen LogP contribution is -2.47. The van der Waals surface area contributed by atoms with Crippen molar-refractivity contribution >= 4 is 5.91 Å². The monoisotopic (exact) mass is 308 g/mol. The zero-order valence-electron chi connectivity index (χ0n) is 12.7. The number of hydrogen-bond donors (Lipinski definition) is 2. The highest BCUT2D eigenvalue weighted by atomic mass is 16.5. The highest BCUT2D eigenvalue weighted by molar-refractivity contribution is 5.82. The molecule has 2 aliphatic rings. The molecule has 0 bridgehead atoms. The topological polar surface area (TPSA) is 74.9 Å². The SMILES string of the molecule is O=C(NC1CC1)C1CCCN1CC(O)COCc1ccco1. The molecule has 1 saturated carbocycles. The van der Waals surface area contributed by atoms with E-state index < -0.39 is 6.10 Å². The second-order valence-electron chi connectivity index (χ2n) is 6.18. The molecule has 1 aromatic rings. The molecule has 2 unspecified atom stereocenters. The lowest BCUT2D eigenvalue weighted by atomic mass is 10.2. The van der Waals surface area contributed by atoms with Gasteiger partial charge in [-0.05, 0) is 44.4 Å². The Morgan fingerprint density at radius 1 is 1.50 bits per heavy atom. The number of furan rings is 1. The molecule has 0 radical (unpaired) electrons. The zero-order chi connectivity index (χ0) is 15.4. The second kappa shape index (κ2) is 7.26. The van der Waals surface area contributed by atoms with Gasteiger partial charge >= 0.3 is 0 Å². The van der Waals surface area contributed by atoms with Crippen molar-refractivity contribution in [2.24, 2.45) is 0 Å². The molecule has 0 aromatic carbocycles. The number of β-amino-alcohol motifs (C(OH)–C–C–N with tert-alkyl or cyclic N) is 1. The van der Waals surface area contributed by atoms with E-state index in [1.54, 1.807) is 6.26 Å². The Morgan fingerprint density at radius 3 is 3.09 bits per heavy atom. The summed E-state index contributed by atoms with van der Waals surface area (Å²) in [5, 5.41) is 13.2. The number of hydrogen-bond acceptors (Lipinski definition) is 5. The quantitative estimate of drug-likeness (QED) is 0.746. The fourth-order valence-corrected chi connectivity index (χ4v) is 2.88. The summed E-state index contributed by atoms with van der Waals surface area (Å²) >= 11 is 0. The first-order chi connectivity index (χ1) is 10.7. The third-order valence-electron chi connectivity index (χ3n) is 4.17. The van der Waals surface area contributed by atoms with Crippen LogP contribution in [0.4, 0.5) is 0 Å². The number of amides is 1. The minimum atomic E-state index is -0.593. The molecule has 22 heavy (non-hydrogen) atoms. The van der Waals surface area contributed by atoms with E-state index in [1.165, 1.54) is 0 Å². The normalized spacial score (nSPS) is 23.6. The lowest BCUT2D eigenvalue weighted by Gasteiger charge is -2.26. The molecule has 0 spiro atoms. The summed E-state index contributed by atoms with van der Waals surface area (Å²) in [5.41, 5.74) is 0. The minimum Gasteiger partial charge on any atom is -0.467 e. The molecule has 6 nitrogen and oxygen atoms in total. The van der Waals surface area contributed by atoms with Gasteiger partial charge in [0.2, 0.25) is 5.91 Å². The van der Waals surface area contributed by atoms with Gasteiger partial charge in [0.15, 0.2) is 0 Å². The Hall–Kier alpha value is -1.37. The maximum absolute atomic E-state index is 12.2. The van der Waals surface area contributed by atoms with E-state index in [4.69, 9.17) is 9.15 Å². The zero-order valence-corrected chi connectivity index (χ0v) is 12.7. The van der Waals surface area contributed by atoms with E-state index >= 15 is 0 Å². The van der Waals surface area contributed by atoms with Crippen molar-refractivity contribution in [3.8, 4) is 0 Å². The van der Waals surface area contributed by atoms with Crippen molar-refractivity contribution in [2.45, 2.75) is 50.5 Å². The molecule has 2 heterocycles. The predicted octanol–water partition coefficient (Wildman–Crippen LogP) is 0.900. The highest BCUT2D eigenvalue weighted by Crippen LogP contribution is 2.22. The van der Waals surface area contributed by atoms with Crippen LogP contribution in [0.15, 0.2) is 22.8 Å². The molecule has 2 atom stereocenters. The molecule has 1 aliphatic heterocycles. The number of rotatable bonds is 8. The fourth-order valence-electron chi connectivity index (χ4n) is 2.88. The molecule has 1 aliphatic carbocycles. The van der Waals surface area contributed by atoms with Gasteiger partial charge < -0.3 is 19.6 Å². The maximum Gasteiger partial charge on any atom is 0.237 e. The van der Waals surface area contributed by atoms with Gasteiger partial charge in [0.05, 0.1) is 25.0 Å². The average Bonchev–Trinajstić information content (AvgIpc) is 2.99. The van der Waals surface area contributed by atoms with E-state index in [2.05, 4.69) is 10.2 Å². The Morgan fingerprint density at radius 2 is 2.36 bits per heavy atom. The molecule has 6 heteroatoms. The Bertz CT molecular complexity index is 473. The molecule has 122 valence electrons. The highest BCUT2D eigenvalue weighted by Gasteiger charge is 2.34. The first-order valence-electron chi connectivity index (χ1n) is 8.05. The van der Waals surface area contributed by atoms with E-state index in [1.807, 2.05) is 12.1 Å². The summed E-state index contributed by atoms with van der Waals surface area (Å²) in [5.74, 6) is 0.860. The van der Waals surface area contributed by atoms with E-state index in [-0.39, 0.29) is 18.6 Å². The molecule has 1 saturated heterocycles. The van der Waals surface area contributed by atoms with Crippen LogP contribution in [0.1, 0.15) is 31.4 Å². The van der Waals surface area contributed by atoms with Crippen molar-refractivity contribution in [1.29, 1.82) is 0 Å². The Balaban J connectivity index is 1.39. The minimum absolute atomic E-state index is 0.0969. The first kappa shape index (κ1) is 15.5. The summed E-state index contributed by atoms with van der Waals surface area (Å²) in [4.78, 5) is 14.2. The van der Waals surface area contributed by atoms with Crippen LogP contribution in [0.5, 0.6) is 0 Å². The van der Waals surface area contributed by atoms with Crippen molar-refractivity contribution in [2.75, 3.05) is 19.7 Å². The van der Waals surface area contributed by atoms with Crippen LogP contribution in [0.25, 0.3) is 0 Å². The molecule has 2 fully saturated rings. The predicted molar refractivity (Wildman–Crippen MR) is 80.1 cm³/mol. The summed E-state index contributed by atoms with van der Waals surface area (Å²) in [7, 11) is 0. The van der Waals surface area contributed by atoms with Crippen LogP contribution in [0.3, 0.4) is 0 Å². The van der Waals surface area contributed by atoms with Crippen LogP contribution < -0.4 is 5.32 Å². The number of aliphatic hydroxyl groups excluding tert-OH is 1. The summed E-state index contributed by atoms with van der Waals surface area (Å²) in [6, 6.07) is 3.94. The van der Waals surface area contributed by atoms with Crippen molar-refractivity contribution in [1.82, 2.24) is 10.2 Å². The molecule has 3 rings (SSSR count). The number of carbonyl (C=O) groups excluding carboxylic acids is 1. The first-order valence-corrected chi connectivity index (χ1v) is 8.05. The van der Waals surface area contributed by atoms with Gasteiger partial charge in [-0.15, -0.1) is 0 Å². The number of carbonyl (C=O) groups is 1. The Labute approximate surface area is 130 Å². The van der Waals surface area contributed by atoms with E-state index in [0.717, 1.165) is 38.0 Å². The fraction of sp³-hybridized carbons (Fsp3) is 0.688. The summed E-state index contributed by atoms with van der Waals surface area (Å²) in [6.07, 6.45) is 5.08. The molecular weight excluding hydrogens is 284 g/mol. The van der Waals surface area contributed by atoms with Crippen LogP contribution >= 0.6 is 0 Å². The third kappa shape index (κ3) is 4.32. The van der Waals surface area contributed by atoms with Crippen LogP contribution in [-0.4, -0.2) is 53.8 Å². The van der Waals surface area contributed by atoms with Crippen molar-refractivity contribution in [3.63, 3.8) is 0 Å². The molecule has 1 amide bonds. The maximum atomic E-state index is 12.2. The smallest absolute Gasteiger partial charge is 0.237 e. The van der Waals surface area contributed by atoms with Crippen LogP contribution in [0, 0.1) is 0 Å². The van der Waals surface area contributed by atoms with Crippen LogP contribution in [-0.2, 0) is 16.1 Å². The molecule has 1 aromatic heterocycles. The van der Waals surface area contributed by atoms with E-state index in [9.17, 15) is 9.90 Å². The van der Waals surface area contributed by atoms with Gasteiger partial charge in [-0.25, -0.2) is 0 Å². The number of nitrogens with zero attached hydrogens (tertiary/aromatic N) is 1. The third-order valence-corrected chi connectivity index (χ3v) is 4.17. The molecule has 2 N–H and O–H groups in total. The summed E-state index contributed by atoms with van der Waals surface area (Å²) in [6.45, 7) is 1.93. The summed E-state index contributed by atoms with van der Waals surface area (Å²) < 4.78 is 10.6. The number of nitrogens with one attached hydrogen (secondary N) is 1. The standard InChI is InChI=1S/C16H24N2O4/c19-13(10-21-11-14-3-2-8-22-14)9-18-7-1-4-15(18)16(20)17-12-5-6-12/h2-3,8,12-13,15,19H,1,4-7,9-11H2,(H,17,20). The van der Waals surface area contributed by atoms with Gasteiger partial charge in [-0.3, -0.25) is 9.69 Å². The lowest BCUT2D eigenvalue weighted by molar-refractivity contribution is -0.126. The van der Waals surface area contributed by atoms with Crippen LogP contribution in [0.2, 0.25) is 0 Å². The second-order valence-corrected chi connectivity index (χ2v) is 6.18. The van der Waals surface area contributed by atoms with Crippen molar-refractivity contribution in [3.05, 3.63) is 24.2 Å². The molecular formula is C16H24N2O4. The average molecular weight is 308 g/mol. The van der Waals surface area contributed by atoms with Gasteiger partial charge in [0.25, 0.3) is 0 Å². The Kier molecular flexibility index (Phi) is 5.12. The number of ether oxygens (including phenoxy) is 1. The van der Waals surface area contributed by atoms with Crippen molar-refractivity contribution < 1.29 is 19.1 Å². The van der Waals surface area contributed by atoms with Gasteiger partial charge in [-0.2, -0.15) is 0 Å². The van der Waals surface area contributed by atoms with E-state index in [0.29, 0.717) is 19.2 Å². The van der Waals surface area contributed by atoms with Gasteiger partial charge in [-0.1, -0.05) is 0 Å². The largest absolute Gasteiger partial charge is 0.467 e. The van der Waals surface area contributed by atoms with Gasteiger partial charge in [0, 0.05) is 12.6 Å².